The van der Waals surface area contributed by atoms with E-state index in [0.717, 1.165) is 0 Å². The van der Waals surface area contributed by atoms with E-state index in [1.807, 2.05) is 0 Å². The maximum Gasteiger partial charge on any atom is 0.252 e. The molecule has 1 aromatic heterocycles. The molecule has 0 aliphatic heterocycles. The summed E-state index contributed by atoms with van der Waals surface area (Å²) in [6.07, 6.45) is -1.42. The van der Waals surface area contributed by atoms with Crippen LogP contribution in [0.5, 0.6) is 0 Å². The number of hydrogen-bond acceptors (Lipinski definition) is 5. The molecule has 0 amide bonds. The minimum absolute atomic E-state index is 0.104. The van der Waals surface area contributed by atoms with Crippen molar-refractivity contribution < 1.29 is 22.3 Å². The molecule has 0 bridgehead atoms. The van der Waals surface area contributed by atoms with Crippen molar-refractivity contribution in [2.45, 2.75) is 18.2 Å². The quantitative estimate of drug-likeness (QED) is 0.741. The zero-order valence-electron chi connectivity index (χ0n) is 11.0. The van der Waals surface area contributed by atoms with E-state index in [0.29, 0.717) is 10.8 Å². The summed E-state index contributed by atoms with van der Waals surface area (Å²) in [6.45, 7) is 0.295. The van der Waals surface area contributed by atoms with Gasteiger partial charge in [0.2, 0.25) is 10.0 Å². The van der Waals surface area contributed by atoms with E-state index >= 15 is 0 Å². The Kier molecular flexibility index (Phi) is 6.24. The molecule has 0 fully saturated rings. The number of sulfonamides is 1. The molecule has 9 heteroatoms. The Labute approximate surface area is 116 Å². The number of aliphatic hydroxyl groups excluding tert-OH is 1. The molecule has 1 rings (SSSR count). The van der Waals surface area contributed by atoms with E-state index < -0.39 is 36.1 Å². The number of aliphatic hydroxyl groups is 1. The smallest absolute Gasteiger partial charge is 0.252 e. The first-order valence-corrected chi connectivity index (χ1v) is 7.45. The Morgan fingerprint density at radius 1 is 1.50 bits per heavy atom. The number of nitrogens with one attached hydrogen (secondary N) is 1. The molecule has 0 aliphatic rings. The van der Waals surface area contributed by atoms with Gasteiger partial charge in [-0.05, 0) is 19.1 Å². The molecule has 2 N–H and O–H groups in total. The number of nitrogens with zero attached hydrogens (tertiary/aromatic N) is 2. The average Bonchev–Trinajstić information content (AvgIpc) is 2.38. The van der Waals surface area contributed by atoms with Crippen molar-refractivity contribution in [2.24, 2.45) is 0 Å². The fourth-order valence-corrected chi connectivity index (χ4v) is 3.14. The second-order valence-electron chi connectivity index (χ2n) is 3.86. The van der Waals surface area contributed by atoms with Crippen molar-refractivity contribution in [3.63, 3.8) is 0 Å². The lowest BCUT2D eigenvalue weighted by Gasteiger charge is -2.22. The summed E-state index contributed by atoms with van der Waals surface area (Å²) in [5.74, 6) is 0.104. The SMILES string of the molecule is CCNc1ncccc1S(=O)(=O)N(CCO)CC(F)F. The Morgan fingerprint density at radius 3 is 2.75 bits per heavy atom. The number of anilines is 1. The van der Waals surface area contributed by atoms with Crippen molar-refractivity contribution in [3.8, 4) is 0 Å². The Morgan fingerprint density at radius 2 is 2.20 bits per heavy atom. The zero-order chi connectivity index (χ0) is 15.2. The van der Waals surface area contributed by atoms with Gasteiger partial charge in [0.1, 0.15) is 10.7 Å². The van der Waals surface area contributed by atoms with E-state index in [9.17, 15) is 17.2 Å². The van der Waals surface area contributed by atoms with Gasteiger partial charge in [0.15, 0.2) is 0 Å². The van der Waals surface area contributed by atoms with Crippen molar-refractivity contribution in [1.29, 1.82) is 0 Å². The summed E-state index contributed by atoms with van der Waals surface area (Å²) in [6, 6.07) is 2.70. The van der Waals surface area contributed by atoms with Crippen LogP contribution in [0.25, 0.3) is 0 Å². The first-order chi connectivity index (χ1) is 9.43. The minimum Gasteiger partial charge on any atom is -0.395 e. The molecular formula is C11H17F2N3O3S. The third-order valence-corrected chi connectivity index (χ3v) is 4.32. The predicted octanol–water partition coefficient (Wildman–Crippen LogP) is 0.761. The molecule has 0 saturated carbocycles. The first kappa shape index (κ1) is 16.7. The summed E-state index contributed by atoms with van der Waals surface area (Å²) in [5.41, 5.74) is 0. The van der Waals surface area contributed by atoms with Gasteiger partial charge >= 0.3 is 0 Å². The van der Waals surface area contributed by atoms with Gasteiger partial charge in [0.25, 0.3) is 6.43 Å². The first-order valence-electron chi connectivity index (χ1n) is 6.01. The largest absolute Gasteiger partial charge is 0.395 e. The number of hydrogen-bond donors (Lipinski definition) is 2. The van der Waals surface area contributed by atoms with Crippen LogP contribution in [0.15, 0.2) is 23.2 Å². The molecule has 0 aromatic carbocycles. The van der Waals surface area contributed by atoms with Gasteiger partial charge in [-0.25, -0.2) is 22.2 Å². The van der Waals surface area contributed by atoms with Crippen LogP contribution in [0, 0.1) is 0 Å². The molecule has 0 spiro atoms. The summed E-state index contributed by atoms with van der Waals surface area (Å²) in [7, 11) is -4.14. The molecule has 0 saturated heterocycles. The molecule has 1 heterocycles. The summed E-state index contributed by atoms with van der Waals surface area (Å²) < 4.78 is 50.2. The fourth-order valence-electron chi connectivity index (χ4n) is 1.61. The zero-order valence-corrected chi connectivity index (χ0v) is 11.8. The van der Waals surface area contributed by atoms with Crippen LogP contribution >= 0.6 is 0 Å². The minimum atomic E-state index is -4.14. The van der Waals surface area contributed by atoms with Gasteiger partial charge < -0.3 is 10.4 Å². The highest BCUT2D eigenvalue weighted by Crippen LogP contribution is 2.22. The molecule has 0 unspecified atom stereocenters. The van der Waals surface area contributed by atoms with Gasteiger partial charge in [0.05, 0.1) is 13.2 Å². The molecule has 0 atom stereocenters. The molecule has 114 valence electrons. The van der Waals surface area contributed by atoms with Crippen LogP contribution in [-0.4, -0.2) is 55.5 Å². The molecule has 6 nitrogen and oxygen atoms in total. The van der Waals surface area contributed by atoms with Crippen molar-refractivity contribution in [1.82, 2.24) is 9.29 Å². The second-order valence-corrected chi connectivity index (χ2v) is 5.76. The van der Waals surface area contributed by atoms with E-state index in [2.05, 4.69) is 10.3 Å². The molecule has 0 radical (unpaired) electrons. The van der Waals surface area contributed by atoms with E-state index in [4.69, 9.17) is 5.11 Å². The summed E-state index contributed by atoms with van der Waals surface area (Å²) >= 11 is 0. The lowest BCUT2D eigenvalue weighted by Crippen LogP contribution is -2.37. The standard InChI is InChI=1S/C11H17F2N3O3S/c1-2-14-11-9(4-3-5-15-11)20(18,19)16(6-7-17)8-10(12)13/h3-5,10,17H,2,6-8H2,1H3,(H,14,15). The number of pyridine rings is 1. The van der Waals surface area contributed by atoms with E-state index in [-0.39, 0.29) is 10.7 Å². The second kappa shape index (κ2) is 7.46. The van der Waals surface area contributed by atoms with Crippen LogP contribution in [-0.2, 0) is 10.0 Å². The van der Waals surface area contributed by atoms with E-state index in [1.165, 1.54) is 18.3 Å². The van der Waals surface area contributed by atoms with Crippen LogP contribution in [0.4, 0.5) is 14.6 Å². The van der Waals surface area contributed by atoms with Gasteiger partial charge in [-0.1, -0.05) is 0 Å². The monoisotopic (exact) mass is 309 g/mol. The molecule has 0 aliphatic carbocycles. The average molecular weight is 309 g/mol. The highest BCUT2D eigenvalue weighted by atomic mass is 32.2. The van der Waals surface area contributed by atoms with Crippen LogP contribution in [0.2, 0.25) is 0 Å². The highest BCUT2D eigenvalue weighted by molar-refractivity contribution is 7.89. The maximum absolute atomic E-state index is 12.5. The van der Waals surface area contributed by atoms with Gasteiger partial charge in [-0.2, -0.15) is 4.31 Å². The van der Waals surface area contributed by atoms with Crippen molar-refractivity contribution in [3.05, 3.63) is 18.3 Å². The van der Waals surface area contributed by atoms with Crippen LogP contribution in [0.3, 0.4) is 0 Å². The maximum atomic E-state index is 12.5. The molecule has 1 aromatic rings. The normalized spacial score (nSPS) is 12.1. The molecular weight excluding hydrogens is 292 g/mol. The predicted molar refractivity (Wildman–Crippen MR) is 70.2 cm³/mol. The van der Waals surface area contributed by atoms with Crippen LogP contribution in [0.1, 0.15) is 6.92 Å². The highest BCUT2D eigenvalue weighted by Gasteiger charge is 2.29. The van der Waals surface area contributed by atoms with Gasteiger partial charge in [0, 0.05) is 19.3 Å². The Balaban J connectivity index is 3.18. The summed E-state index contributed by atoms with van der Waals surface area (Å²) in [4.78, 5) is 3.71. The third kappa shape index (κ3) is 4.09. The summed E-state index contributed by atoms with van der Waals surface area (Å²) in [5, 5.41) is 11.6. The fraction of sp³-hybridized carbons (Fsp3) is 0.545. The number of alkyl halides is 2. The lowest BCUT2D eigenvalue weighted by atomic mass is 10.4. The Bertz CT molecular complexity index is 525. The number of aromatic nitrogens is 1. The van der Waals surface area contributed by atoms with Crippen LogP contribution < -0.4 is 5.32 Å². The van der Waals surface area contributed by atoms with Crippen molar-refractivity contribution in [2.75, 3.05) is 31.6 Å². The Hall–Kier alpha value is -1.32. The topological polar surface area (TPSA) is 82.5 Å². The van der Waals surface area contributed by atoms with Gasteiger partial charge in [-0.15, -0.1) is 0 Å². The lowest BCUT2D eigenvalue weighted by molar-refractivity contribution is 0.113. The third-order valence-electron chi connectivity index (χ3n) is 2.42. The van der Waals surface area contributed by atoms with E-state index in [1.54, 1.807) is 6.92 Å². The van der Waals surface area contributed by atoms with Crippen molar-refractivity contribution >= 4 is 15.8 Å². The molecule has 20 heavy (non-hydrogen) atoms. The number of halogens is 2. The van der Waals surface area contributed by atoms with Gasteiger partial charge in [-0.3, -0.25) is 0 Å². The number of rotatable bonds is 8.